The maximum atomic E-state index is 13.8. The van der Waals surface area contributed by atoms with E-state index >= 15 is 0 Å². The van der Waals surface area contributed by atoms with E-state index in [4.69, 9.17) is 11.6 Å². The zero-order chi connectivity index (χ0) is 21.5. The van der Waals surface area contributed by atoms with Crippen LogP contribution in [0.25, 0.3) is 11.0 Å². The van der Waals surface area contributed by atoms with Gasteiger partial charge in [0, 0.05) is 31.2 Å². The Morgan fingerprint density at radius 3 is 2.27 bits per heavy atom. The monoisotopic (exact) mass is 454 g/mol. The molecule has 0 aliphatic carbocycles. The molecular weight excluding hydrogens is 434 g/mol. The van der Waals surface area contributed by atoms with Crippen LogP contribution in [0.1, 0.15) is 25.3 Å². The fourth-order valence-electron chi connectivity index (χ4n) is 3.81. The second-order valence-electron chi connectivity index (χ2n) is 7.18. The Labute approximate surface area is 178 Å². The zero-order valence-electron chi connectivity index (χ0n) is 16.2. The lowest BCUT2D eigenvalue weighted by Crippen LogP contribution is -2.49. The van der Waals surface area contributed by atoms with Crippen molar-refractivity contribution in [1.82, 2.24) is 18.8 Å². The predicted octanol–water partition coefficient (Wildman–Crippen LogP) is 4.15. The molecule has 0 saturated carbocycles. The largest absolute Gasteiger partial charge is 0.320 e. The molecule has 0 bridgehead atoms. The number of imidazole rings is 1. The van der Waals surface area contributed by atoms with Crippen molar-refractivity contribution in [2.24, 2.45) is 0 Å². The van der Waals surface area contributed by atoms with Gasteiger partial charge in [0.2, 0.25) is 10.0 Å². The van der Waals surface area contributed by atoms with Crippen LogP contribution in [-0.2, 0) is 10.0 Å². The van der Waals surface area contributed by atoms with Gasteiger partial charge in [0.15, 0.2) is 0 Å². The molecule has 1 fully saturated rings. The number of fused-ring (bicyclic) bond motifs is 1. The first-order valence-corrected chi connectivity index (χ1v) is 11.4. The van der Waals surface area contributed by atoms with E-state index in [1.807, 2.05) is 11.8 Å². The second kappa shape index (κ2) is 8.22. The number of piperazine rings is 1. The highest BCUT2D eigenvalue weighted by molar-refractivity contribution is 7.89. The SMILES string of the molecule is C[C@@H](c1nc2ccccc2n1C(F)F)N1CCN(S(=O)(=O)c2ccc(Cl)cc2)CC1. The maximum Gasteiger partial charge on any atom is 0.320 e. The Hall–Kier alpha value is -2.07. The van der Waals surface area contributed by atoms with Gasteiger partial charge in [-0.1, -0.05) is 23.7 Å². The molecule has 6 nitrogen and oxygen atoms in total. The van der Waals surface area contributed by atoms with Crippen molar-refractivity contribution < 1.29 is 17.2 Å². The van der Waals surface area contributed by atoms with E-state index in [2.05, 4.69) is 4.98 Å². The number of aromatic nitrogens is 2. The fraction of sp³-hybridized carbons (Fsp3) is 0.350. The topological polar surface area (TPSA) is 58.4 Å². The third kappa shape index (κ3) is 3.82. The summed E-state index contributed by atoms with van der Waals surface area (Å²) in [7, 11) is -3.63. The van der Waals surface area contributed by atoms with Crippen LogP contribution in [0.2, 0.25) is 5.02 Å². The molecular formula is C20H21ClF2N4O2S. The molecule has 4 rings (SSSR count). The van der Waals surface area contributed by atoms with Crippen molar-refractivity contribution in [1.29, 1.82) is 0 Å². The van der Waals surface area contributed by atoms with Crippen LogP contribution in [0.4, 0.5) is 8.78 Å². The molecule has 3 aromatic rings. The van der Waals surface area contributed by atoms with Gasteiger partial charge >= 0.3 is 6.55 Å². The molecule has 1 saturated heterocycles. The summed E-state index contributed by atoms with van der Waals surface area (Å²) in [4.78, 5) is 6.60. The van der Waals surface area contributed by atoms with E-state index in [-0.39, 0.29) is 29.9 Å². The fourth-order valence-corrected chi connectivity index (χ4v) is 5.36. The van der Waals surface area contributed by atoms with Crippen LogP contribution in [0.3, 0.4) is 0 Å². The van der Waals surface area contributed by atoms with Crippen LogP contribution in [-0.4, -0.2) is 53.4 Å². The minimum absolute atomic E-state index is 0.188. The number of hydrogen-bond acceptors (Lipinski definition) is 4. The lowest BCUT2D eigenvalue weighted by Gasteiger charge is -2.37. The highest BCUT2D eigenvalue weighted by Crippen LogP contribution is 2.30. The van der Waals surface area contributed by atoms with Crippen LogP contribution in [0, 0.1) is 0 Å². The van der Waals surface area contributed by atoms with E-state index in [1.54, 1.807) is 36.4 Å². The van der Waals surface area contributed by atoms with Crippen molar-refractivity contribution in [2.75, 3.05) is 26.2 Å². The van der Waals surface area contributed by atoms with E-state index in [0.717, 1.165) is 4.57 Å². The molecule has 1 aromatic heterocycles. The minimum Gasteiger partial charge on any atom is -0.291 e. The molecule has 0 spiro atoms. The summed E-state index contributed by atoms with van der Waals surface area (Å²) in [5.41, 5.74) is 0.905. The van der Waals surface area contributed by atoms with Crippen molar-refractivity contribution >= 4 is 32.7 Å². The van der Waals surface area contributed by atoms with Gasteiger partial charge in [-0.3, -0.25) is 9.47 Å². The smallest absolute Gasteiger partial charge is 0.291 e. The molecule has 1 atom stereocenters. The molecule has 0 N–H and O–H groups in total. The molecule has 160 valence electrons. The molecule has 1 aliphatic rings. The van der Waals surface area contributed by atoms with Gasteiger partial charge in [-0.05, 0) is 43.3 Å². The number of rotatable bonds is 5. The summed E-state index contributed by atoms with van der Waals surface area (Å²) in [5, 5.41) is 0.467. The van der Waals surface area contributed by atoms with Crippen molar-refractivity contribution in [3.63, 3.8) is 0 Å². The summed E-state index contributed by atoms with van der Waals surface area (Å²) in [5.74, 6) is 0.278. The summed E-state index contributed by atoms with van der Waals surface area (Å²) in [6, 6.07) is 12.5. The van der Waals surface area contributed by atoms with Gasteiger partial charge in [0.1, 0.15) is 5.82 Å². The number of benzene rings is 2. The van der Waals surface area contributed by atoms with E-state index < -0.39 is 16.6 Å². The first-order chi connectivity index (χ1) is 14.3. The minimum atomic E-state index is -3.63. The molecule has 0 unspecified atom stereocenters. The lowest BCUT2D eigenvalue weighted by molar-refractivity contribution is 0.0616. The van der Waals surface area contributed by atoms with Gasteiger partial charge < -0.3 is 0 Å². The Morgan fingerprint density at radius 1 is 1.00 bits per heavy atom. The quantitative estimate of drug-likeness (QED) is 0.581. The van der Waals surface area contributed by atoms with Crippen LogP contribution in [0.15, 0.2) is 53.4 Å². The van der Waals surface area contributed by atoms with E-state index in [9.17, 15) is 17.2 Å². The molecule has 0 radical (unpaired) electrons. The van der Waals surface area contributed by atoms with Crippen molar-refractivity contribution in [3.8, 4) is 0 Å². The van der Waals surface area contributed by atoms with Gasteiger partial charge in [0.25, 0.3) is 0 Å². The molecule has 1 aliphatic heterocycles. The maximum absolute atomic E-state index is 13.8. The molecule has 30 heavy (non-hydrogen) atoms. The van der Waals surface area contributed by atoms with Crippen molar-refractivity contribution in [3.05, 3.63) is 59.4 Å². The number of para-hydroxylation sites is 2. The standard InChI is InChI=1S/C20H21ClF2N4O2S/c1-14(19-24-17-4-2-3-5-18(17)27(19)20(22)23)25-10-12-26(13-11-25)30(28,29)16-8-6-15(21)7-9-16/h2-9,14,20H,10-13H2,1H3/t14-/m0/s1. The Balaban J connectivity index is 1.53. The normalized spacial score (nSPS) is 17.6. The third-order valence-electron chi connectivity index (χ3n) is 5.46. The zero-order valence-corrected chi connectivity index (χ0v) is 17.8. The van der Waals surface area contributed by atoms with Crippen molar-refractivity contribution in [2.45, 2.75) is 24.4 Å². The van der Waals surface area contributed by atoms with Gasteiger partial charge in [-0.15, -0.1) is 0 Å². The number of alkyl halides is 2. The highest BCUT2D eigenvalue weighted by Gasteiger charge is 2.32. The van der Waals surface area contributed by atoms with Gasteiger partial charge in [-0.2, -0.15) is 13.1 Å². The number of halogens is 3. The molecule has 2 heterocycles. The van der Waals surface area contributed by atoms with Crippen LogP contribution < -0.4 is 0 Å². The average Bonchev–Trinajstić information content (AvgIpc) is 3.13. The first-order valence-electron chi connectivity index (χ1n) is 9.54. The number of sulfonamides is 1. The average molecular weight is 455 g/mol. The summed E-state index contributed by atoms with van der Waals surface area (Å²) >= 11 is 5.85. The summed E-state index contributed by atoms with van der Waals surface area (Å²) in [6.07, 6.45) is 0. The molecule has 10 heteroatoms. The predicted molar refractivity (Wildman–Crippen MR) is 111 cm³/mol. The molecule has 0 amide bonds. The van der Waals surface area contributed by atoms with Gasteiger partial charge in [0.05, 0.1) is 22.0 Å². The Morgan fingerprint density at radius 2 is 1.63 bits per heavy atom. The van der Waals surface area contributed by atoms with Crippen LogP contribution in [0.5, 0.6) is 0 Å². The number of nitrogens with zero attached hydrogens (tertiary/aromatic N) is 4. The van der Waals surface area contributed by atoms with Crippen LogP contribution >= 0.6 is 11.6 Å². The third-order valence-corrected chi connectivity index (χ3v) is 7.63. The lowest BCUT2D eigenvalue weighted by atomic mass is 10.2. The Bertz CT molecular complexity index is 1140. The molecule has 2 aromatic carbocycles. The highest BCUT2D eigenvalue weighted by atomic mass is 35.5. The van der Waals surface area contributed by atoms with E-state index in [0.29, 0.717) is 29.1 Å². The second-order valence-corrected chi connectivity index (χ2v) is 9.55. The Kier molecular flexibility index (Phi) is 5.80. The van der Waals surface area contributed by atoms with Gasteiger partial charge in [-0.25, -0.2) is 13.4 Å². The first kappa shape index (κ1) is 21.2. The number of hydrogen-bond donors (Lipinski definition) is 0. The van der Waals surface area contributed by atoms with E-state index in [1.165, 1.54) is 16.4 Å². The summed E-state index contributed by atoms with van der Waals surface area (Å²) in [6.45, 7) is 0.486. The summed E-state index contributed by atoms with van der Waals surface area (Å²) < 4.78 is 55.6.